The van der Waals surface area contributed by atoms with Crippen LogP contribution in [0.5, 0.6) is 0 Å². The molecular weight excluding hydrogens is 838 g/mol. The predicted molar refractivity (Wildman–Crippen MR) is 188 cm³/mol. The molecule has 6 rings (SSSR count). The summed E-state index contributed by atoms with van der Waals surface area (Å²) in [7, 11) is -21.7. The highest BCUT2D eigenvalue weighted by atomic mass is 31.3. The van der Waals surface area contributed by atoms with Crippen LogP contribution in [0, 0.1) is 5.92 Å². The molecule has 55 heavy (non-hydrogen) atoms. The van der Waals surface area contributed by atoms with Gasteiger partial charge >= 0.3 is 30.4 Å². The van der Waals surface area contributed by atoms with E-state index in [1.807, 2.05) is 0 Å². The highest BCUT2D eigenvalue weighted by molar-refractivity contribution is 7.89. The first kappa shape index (κ1) is 42.1. The topological polar surface area (TPSA) is 392 Å². The third-order valence-corrected chi connectivity index (χ3v) is 19.1. The number of hydrogen-bond donors (Lipinski definition) is 8. The molecule has 4 aromatic heterocycles. The maximum absolute atomic E-state index is 12.7. The summed E-state index contributed by atoms with van der Waals surface area (Å²) < 4.78 is 90.5. The molecule has 0 bridgehead atoms. The zero-order valence-electron chi connectivity index (χ0n) is 28.0. The van der Waals surface area contributed by atoms with Gasteiger partial charge in [-0.15, -0.1) is 0 Å². The van der Waals surface area contributed by atoms with Crippen LogP contribution >= 0.6 is 37.9 Å². The van der Waals surface area contributed by atoms with Gasteiger partial charge in [-0.3, -0.25) is 27.4 Å². The van der Waals surface area contributed by atoms with Gasteiger partial charge in [-0.1, -0.05) is 0 Å². The minimum Gasteiger partial charge on any atom is -0.393 e. The van der Waals surface area contributed by atoms with Gasteiger partial charge in [0.15, 0.2) is 34.7 Å². The van der Waals surface area contributed by atoms with Gasteiger partial charge in [-0.05, 0) is 12.8 Å². The van der Waals surface area contributed by atoms with Gasteiger partial charge in [-0.2, -0.15) is 0 Å². The minimum absolute atomic E-state index is 0.0548. The van der Waals surface area contributed by atoms with Crippen molar-refractivity contribution in [2.24, 2.45) is 5.92 Å². The molecule has 11 atom stereocenters. The Bertz CT molecular complexity index is 2160. The fraction of sp³-hybridized carbons (Fsp3) is 0.565. The van der Waals surface area contributed by atoms with Gasteiger partial charge < -0.3 is 59.6 Å². The summed E-state index contributed by atoms with van der Waals surface area (Å²) in [5.74, 6) is -4.02. The van der Waals surface area contributed by atoms with E-state index in [1.54, 1.807) is 4.57 Å². The van der Waals surface area contributed by atoms with Crippen molar-refractivity contribution < 1.29 is 75.0 Å². The highest BCUT2D eigenvalue weighted by Crippen LogP contribution is 2.72. The third kappa shape index (κ3) is 10.1. The number of rotatable bonds is 16. The number of ether oxygens (including phenoxy) is 1. The van der Waals surface area contributed by atoms with Crippen molar-refractivity contribution in [3.8, 4) is 0 Å². The molecular formula is C23H34BN10O16P5. The lowest BCUT2D eigenvalue weighted by Crippen LogP contribution is -2.26. The van der Waals surface area contributed by atoms with E-state index in [0.29, 0.717) is 11.2 Å². The molecule has 10 N–H and O–H groups in total. The van der Waals surface area contributed by atoms with E-state index in [4.69, 9.17) is 32.8 Å². The maximum Gasteiger partial charge on any atom is 0.346 e. The first-order valence-electron chi connectivity index (χ1n) is 15.8. The summed E-state index contributed by atoms with van der Waals surface area (Å²) in [5.41, 5.74) is 12.8. The SMILES string of the molecule is [B]P(=O)(OP(=O)(O)CP(=O)(O)OCC1O[C@@H](n2cnc3c(N)ncnc32)C[C@H]1O)OP(=O)(O)CP(=O)(O)OC[C@H]1C[C@@H](n2cnc3c(N)ncnc32)C[C@@H]1O. The molecule has 26 nitrogen and oxygen atoms in total. The van der Waals surface area contributed by atoms with E-state index in [9.17, 15) is 52.6 Å². The normalized spacial score (nSPS) is 28.7. The fourth-order valence-corrected chi connectivity index (χ4v) is 15.7. The van der Waals surface area contributed by atoms with E-state index >= 15 is 0 Å². The number of nitrogens with zero attached hydrogens (tertiary/aromatic N) is 8. The predicted octanol–water partition coefficient (Wildman–Crippen LogP) is 0.791. The lowest BCUT2D eigenvalue weighted by atomic mass is 10.1. The number of nitrogen functional groups attached to an aromatic ring is 2. The monoisotopic (exact) mass is 872 g/mol. The van der Waals surface area contributed by atoms with E-state index in [2.05, 4.69) is 38.5 Å². The van der Waals surface area contributed by atoms with Crippen LogP contribution < -0.4 is 11.5 Å². The molecule has 6 unspecified atom stereocenters. The molecule has 300 valence electrons. The average molecular weight is 872 g/mol. The molecule has 32 heteroatoms. The molecule has 0 spiro atoms. The van der Waals surface area contributed by atoms with Gasteiger partial charge in [0, 0.05) is 18.4 Å². The molecule has 2 fully saturated rings. The zero-order valence-corrected chi connectivity index (χ0v) is 32.5. The van der Waals surface area contributed by atoms with Crippen LogP contribution in [0.2, 0.25) is 0 Å². The van der Waals surface area contributed by atoms with Crippen molar-refractivity contribution in [2.75, 3.05) is 36.5 Å². The lowest BCUT2D eigenvalue weighted by molar-refractivity contribution is -0.0395. The van der Waals surface area contributed by atoms with E-state index < -0.39 is 93.3 Å². The Labute approximate surface area is 310 Å². The Morgan fingerprint density at radius 1 is 0.709 bits per heavy atom. The summed E-state index contributed by atoms with van der Waals surface area (Å²) in [6, 6.07) is -0.386. The van der Waals surface area contributed by atoms with Crippen molar-refractivity contribution in [1.29, 1.82) is 0 Å². The number of aliphatic hydroxyl groups is 2. The first-order chi connectivity index (χ1) is 25.5. The van der Waals surface area contributed by atoms with Crippen LogP contribution in [-0.2, 0) is 45.2 Å². The third-order valence-electron chi connectivity index (χ3n) is 8.44. The molecule has 1 saturated carbocycles. The molecule has 2 radical (unpaired) electrons. The van der Waals surface area contributed by atoms with Crippen LogP contribution in [0.1, 0.15) is 31.5 Å². The second kappa shape index (κ2) is 15.7. The molecule has 0 amide bonds. The molecule has 5 heterocycles. The van der Waals surface area contributed by atoms with Gasteiger partial charge in [0.25, 0.3) is 7.47 Å². The smallest absolute Gasteiger partial charge is 0.346 e. The standard InChI is InChI=1S/C23H34BN10O16P5/c24-55(45,49-53(41,42)10-51(37,38)46-4-12-1-13(2-14(12)35)33-8-31-18-20(25)27-6-29-22(18)33)50-54(43,44)11-52(39,40)47-5-16-15(36)3-17(48-16)34-9-32-19-21(26)28-7-30-23(19)34/h6-9,12-17,35-36H,1-5,10-11H2,(H,37,38)(H,39,40)(H,41,42)(H,43,44)(H2,25,27,29)(H2,26,28,30)/t12-,13-,14+,15-,16?,17-,55?/m1/s1. The largest absolute Gasteiger partial charge is 0.393 e. The number of aromatic nitrogens is 8. The number of fused-ring (bicyclic) bond motifs is 2. The van der Waals surface area contributed by atoms with Crippen LogP contribution in [0.3, 0.4) is 0 Å². The molecule has 0 aromatic carbocycles. The quantitative estimate of drug-likeness (QED) is 0.0570. The Hall–Kier alpha value is -2.53. The minimum atomic E-state index is -5.59. The van der Waals surface area contributed by atoms with E-state index in [-0.39, 0.29) is 48.1 Å². The molecule has 4 aromatic rings. The number of anilines is 2. The average Bonchev–Trinajstić information content (AvgIpc) is 3.82. The zero-order chi connectivity index (χ0) is 40.1. The number of nitrogens with two attached hydrogens (primary N) is 2. The van der Waals surface area contributed by atoms with Crippen molar-refractivity contribution in [3.63, 3.8) is 0 Å². The van der Waals surface area contributed by atoms with Crippen LogP contribution in [0.15, 0.2) is 25.3 Å². The summed E-state index contributed by atoms with van der Waals surface area (Å²) in [4.78, 5) is 65.0. The van der Waals surface area contributed by atoms with Gasteiger partial charge in [0.05, 0.1) is 38.1 Å². The van der Waals surface area contributed by atoms with Crippen molar-refractivity contribution >= 4 is 79.4 Å². The molecule has 1 aliphatic carbocycles. The fourth-order valence-electron chi connectivity index (χ4n) is 6.09. The summed E-state index contributed by atoms with van der Waals surface area (Å²) in [6.07, 6.45) is 1.06. The summed E-state index contributed by atoms with van der Waals surface area (Å²) in [5, 5.41) is 21.0. The van der Waals surface area contributed by atoms with Crippen LogP contribution in [-0.4, -0.2) is 120 Å². The second-order valence-electron chi connectivity index (χ2n) is 12.7. The Morgan fingerprint density at radius 3 is 1.78 bits per heavy atom. The Kier molecular flexibility index (Phi) is 12.0. The molecule has 1 aliphatic heterocycles. The summed E-state index contributed by atoms with van der Waals surface area (Å²) in [6.45, 7) is -1.38. The van der Waals surface area contributed by atoms with Crippen LogP contribution in [0.4, 0.5) is 11.6 Å². The van der Waals surface area contributed by atoms with Crippen LogP contribution in [0.25, 0.3) is 22.3 Å². The maximum atomic E-state index is 12.7. The van der Waals surface area contributed by atoms with E-state index in [0.717, 1.165) is 0 Å². The second-order valence-corrected chi connectivity index (χ2v) is 22.9. The van der Waals surface area contributed by atoms with E-state index in [1.165, 1.54) is 29.9 Å². The first-order valence-corrected chi connectivity index (χ1v) is 24.4. The lowest BCUT2D eigenvalue weighted by Gasteiger charge is -2.24. The van der Waals surface area contributed by atoms with Crippen molar-refractivity contribution in [1.82, 2.24) is 39.0 Å². The Balaban J connectivity index is 0.980. The molecule has 1 saturated heterocycles. The van der Waals surface area contributed by atoms with Crippen molar-refractivity contribution in [3.05, 3.63) is 25.3 Å². The highest BCUT2D eigenvalue weighted by Gasteiger charge is 2.45. The van der Waals surface area contributed by atoms with Gasteiger partial charge in [-0.25, -0.2) is 38.5 Å². The molecule has 2 aliphatic rings. The number of aliphatic hydroxyl groups excluding tert-OH is 2. The summed E-state index contributed by atoms with van der Waals surface area (Å²) >= 11 is 0. The van der Waals surface area contributed by atoms with Gasteiger partial charge in [0.2, 0.25) is 7.57 Å². The Morgan fingerprint density at radius 2 is 1.22 bits per heavy atom. The number of hydrogen-bond acceptors (Lipinski definition) is 20. The van der Waals surface area contributed by atoms with Gasteiger partial charge in [0.1, 0.15) is 36.0 Å². The number of imidazole rings is 2. The van der Waals surface area contributed by atoms with Crippen molar-refractivity contribution in [2.45, 2.75) is 49.8 Å².